The number of aromatic nitrogens is 1. The topological polar surface area (TPSA) is 120 Å². The van der Waals surface area contributed by atoms with Crippen molar-refractivity contribution in [3.63, 3.8) is 0 Å². The number of halogens is 3. The quantitative estimate of drug-likeness (QED) is 0.697. The molecule has 0 spiro atoms. The van der Waals surface area contributed by atoms with E-state index in [2.05, 4.69) is 10.3 Å². The third-order valence-electron chi connectivity index (χ3n) is 4.86. The van der Waals surface area contributed by atoms with E-state index in [1.165, 1.54) is 37.4 Å². The third-order valence-corrected chi connectivity index (χ3v) is 6.41. The number of alkyl halides is 3. The Labute approximate surface area is 181 Å². The number of hydrogen-bond acceptors (Lipinski definition) is 6. The Balaban J connectivity index is 2.25. The predicted octanol–water partition coefficient (Wildman–Crippen LogP) is 3.40. The van der Waals surface area contributed by atoms with Crippen molar-refractivity contribution in [3.05, 3.63) is 82.3 Å². The van der Waals surface area contributed by atoms with Crippen LogP contribution in [-0.2, 0) is 20.8 Å². The van der Waals surface area contributed by atoms with Crippen LogP contribution in [0.4, 0.5) is 13.2 Å². The predicted molar refractivity (Wildman–Crippen MR) is 107 cm³/mol. The summed E-state index contributed by atoms with van der Waals surface area (Å²) in [6, 6.07) is 10.2. The van der Waals surface area contributed by atoms with Crippen LogP contribution in [0.15, 0.2) is 76.2 Å². The first-order valence-electron chi connectivity index (χ1n) is 9.11. The summed E-state index contributed by atoms with van der Waals surface area (Å²) in [5, 5.41) is 21.8. The number of carboxylic acids is 1. The zero-order chi connectivity index (χ0) is 23.7. The van der Waals surface area contributed by atoms with Gasteiger partial charge >= 0.3 is 12.1 Å². The second-order valence-electron chi connectivity index (χ2n) is 6.92. The van der Waals surface area contributed by atoms with Crippen LogP contribution in [0.1, 0.15) is 24.0 Å². The second kappa shape index (κ2) is 8.47. The summed E-state index contributed by atoms with van der Waals surface area (Å²) < 4.78 is 66.6. The van der Waals surface area contributed by atoms with Crippen molar-refractivity contribution in [1.29, 1.82) is 5.26 Å². The number of allylic oxidation sites excluding steroid dienone is 2. The number of dihydropyridines is 1. The van der Waals surface area contributed by atoms with Crippen LogP contribution in [0.5, 0.6) is 0 Å². The van der Waals surface area contributed by atoms with E-state index in [9.17, 15) is 36.8 Å². The van der Waals surface area contributed by atoms with Gasteiger partial charge < -0.3 is 10.4 Å². The van der Waals surface area contributed by atoms with Crippen molar-refractivity contribution in [2.75, 3.05) is 5.75 Å². The summed E-state index contributed by atoms with van der Waals surface area (Å²) in [7, 11) is -4.14. The van der Waals surface area contributed by atoms with E-state index in [1.54, 1.807) is 6.07 Å². The minimum Gasteiger partial charge on any atom is -0.478 e. The molecule has 0 saturated carbocycles. The Morgan fingerprint density at radius 3 is 2.44 bits per heavy atom. The molecule has 32 heavy (non-hydrogen) atoms. The monoisotopic (exact) mass is 463 g/mol. The zero-order valence-corrected chi connectivity index (χ0v) is 17.3. The minimum atomic E-state index is -4.82. The molecule has 1 aromatic carbocycles. The van der Waals surface area contributed by atoms with Crippen LogP contribution in [0.2, 0.25) is 0 Å². The number of nitrogens with one attached hydrogen (secondary N) is 1. The molecule has 1 aromatic heterocycles. The first kappa shape index (κ1) is 23.0. The maximum atomic E-state index is 13.7. The molecule has 1 unspecified atom stereocenters. The average molecular weight is 463 g/mol. The van der Waals surface area contributed by atoms with Gasteiger partial charge in [0.2, 0.25) is 9.84 Å². The summed E-state index contributed by atoms with van der Waals surface area (Å²) in [4.78, 5) is 15.9. The Hall–Kier alpha value is -3.65. The SMILES string of the molecule is CC1=C(C#N)C(c2ccccc2C(F)(F)F)C(C(=O)O)=C(CS(=O)(=O)c2ccccn2)N1. The largest absolute Gasteiger partial charge is 0.478 e. The number of benzene rings is 1. The van der Waals surface area contributed by atoms with E-state index in [4.69, 9.17) is 0 Å². The second-order valence-corrected chi connectivity index (χ2v) is 8.85. The zero-order valence-electron chi connectivity index (χ0n) is 16.5. The Bertz CT molecular complexity index is 1280. The maximum Gasteiger partial charge on any atom is 0.416 e. The number of aliphatic carboxylic acids is 1. The summed E-state index contributed by atoms with van der Waals surface area (Å²) >= 11 is 0. The van der Waals surface area contributed by atoms with Gasteiger partial charge in [0.15, 0.2) is 5.03 Å². The van der Waals surface area contributed by atoms with Crippen LogP contribution in [-0.4, -0.2) is 30.2 Å². The Morgan fingerprint density at radius 2 is 1.88 bits per heavy atom. The molecule has 3 rings (SSSR count). The fraction of sp³-hybridized carbons (Fsp3) is 0.190. The normalized spacial score (nSPS) is 17.0. The molecule has 7 nitrogen and oxygen atoms in total. The van der Waals surface area contributed by atoms with E-state index in [0.717, 1.165) is 18.2 Å². The van der Waals surface area contributed by atoms with Gasteiger partial charge in [0.05, 0.1) is 34.4 Å². The van der Waals surface area contributed by atoms with Crippen molar-refractivity contribution in [2.24, 2.45) is 0 Å². The number of nitriles is 1. The Kier molecular flexibility index (Phi) is 6.09. The van der Waals surface area contributed by atoms with Crippen molar-refractivity contribution < 1.29 is 31.5 Å². The number of carbonyl (C=O) groups is 1. The van der Waals surface area contributed by atoms with Crippen LogP contribution in [0, 0.1) is 11.3 Å². The highest BCUT2D eigenvalue weighted by molar-refractivity contribution is 7.91. The fourth-order valence-corrected chi connectivity index (χ4v) is 4.79. The fourth-order valence-electron chi connectivity index (χ4n) is 3.52. The van der Waals surface area contributed by atoms with Crippen LogP contribution in [0.3, 0.4) is 0 Å². The van der Waals surface area contributed by atoms with Gasteiger partial charge in [-0.3, -0.25) is 0 Å². The van der Waals surface area contributed by atoms with Gasteiger partial charge in [0.1, 0.15) is 0 Å². The third kappa shape index (κ3) is 4.36. The summed E-state index contributed by atoms with van der Waals surface area (Å²) in [5.41, 5.74) is -2.74. The van der Waals surface area contributed by atoms with E-state index < -0.39 is 50.4 Å². The molecular formula is C21H16F3N3O4S. The number of hydrogen-bond donors (Lipinski definition) is 2. The van der Waals surface area contributed by atoms with E-state index in [-0.39, 0.29) is 22.0 Å². The highest BCUT2D eigenvalue weighted by Gasteiger charge is 2.41. The van der Waals surface area contributed by atoms with Gasteiger partial charge in [-0.05, 0) is 30.7 Å². The van der Waals surface area contributed by atoms with Crippen molar-refractivity contribution in [3.8, 4) is 6.07 Å². The number of rotatable bonds is 5. The van der Waals surface area contributed by atoms with E-state index in [1.807, 2.05) is 0 Å². The first-order valence-corrected chi connectivity index (χ1v) is 10.8. The highest BCUT2D eigenvalue weighted by Crippen LogP contribution is 2.43. The summed E-state index contributed by atoms with van der Waals surface area (Å²) in [6.45, 7) is 1.37. The van der Waals surface area contributed by atoms with E-state index >= 15 is 0 Å². The van der Waals surface area contributed by atoms with Gasteiger partial charge in [-0.1, -0.05) is 24.3 Å². The maximum absolute atomic E-state index is 13.7. The lowest BCUT2D eigenvalue weighted by molar-refractivity contribution is -0.139. The van der Waals surface area contributed by atoms with Gasteiger partial charge in [0.25, 0.3) is 0 Å². The van der Waals surface area contributed by atoms with Crippen LogP contribution >= 0.6 is 0 Å². The molecule has 0 bridgehead atoms. The minimum absolute atomic E-state index is 0.0608. The molecule has 0 fully saturated rings. The lowest BCUT2D eigenvalue weighted by Crippen LogP contribution is -2.33. The highest BCUT2D eigenvalue weighted by atomic mass is 32.2. The molecule has 0 aliphatic carbocycles. The Morgan fingerprint density at radius 1 is 1.22 bits per heavy atom. The van der Waals surface area contributed by atoms with Crippen molar-refractivity contribution in [2.45, 2.75) is 24.0 Å². The molecule has 1 atom stereocenters. The van der Waals surface area contributed by atoms with Crippen LogP contribution < -0.4 is 5.32 Å². The van der Waals surface area contributed by atoms with Crippen molar-refractivity contribution in [1.82, 2.24) is 10.3 Å². The number of pyridine rings is 1. The molecule has 0 amide bonds. The lowest BCUT2D eigenvalue weighted by atomic mass is 9.79. The van der Waals surface area contributed by atoms with Crippen LogP contribution in [0.25, 0.3) is 0 Å². The smallest absolute Gasteiger partial charge is 0.416 e. The molecule has 2 aromatic rings. The summed E-state index contributed by atoms with van der Waals surface area (Å²) in [6.07, 6.45) is -3.57. The average Bonchev–Trinajstić information content (AvgIpc) is 2.72. The van der Waals surface area contributed by atoms with Gasteiger partial charge in [-0.15, -0.1) is 0 Å². The molecule has 11 heteroatoms. The molecule has 166 valence electrons. The molecule has 2 N–H and O–H groups in total. The molecule has 0 radical (unpaired) electrons. The van der Waals surface area contributed by atoms with Gasteiger partial charge in [-0.2, -0.15) is 18.4 Å². The number of carboxylic acid groups (broad SMARTS) is 1. The van der Waals surface area contributed by atoms with Gasteiger partial charge in [-0.25, -0.2) is 18.2 Å². The first-order chi connectivity index (χ1) is 15.0. The van der Waals surface area contributed by atoms with Crippen molar-refractivity contribution >= 4 is 15.8 Å². The number of nitrogens with zero attached hydrogens (tertiary/aromatic N) is 2. The molecule has 2 heterocycles. The standard InChI is InChI=1S/C21H16F3N3O4S/c1-12-14(10-25)18(13-6-2-3-7-15(13)21(22,23)24)19(20(28)29)16(27-12)11-32(30,31)17-8-4-5-9-26-17/h2-9,18,27H,11H2,1H3,(H,28,29). The number of sulfone groups is 1. The lowest BCUT2D eigenvalue weighted by Gasteiger charge is -2.30. The van der Waals surface area contributed by atoms with Gasteiger partial charge in [0, 0.05) is 17.6 Å². The summed E-state index contributed by atoms with van der Waals surface area (Å²) in [5.74, 6) is -4.12. The molecular weight excluding hydrogens is 447 g/mol. The molecule has 1 aliphatic rings. The molecule has 1 aliphatic heterocycles. The van der Waals surface area contributed by atoms with E-state index in [0.29, 0.717) is 0 Å². The molecule has 0 saturated heterocycles.